The van der Waals surface area contributed by atoms with Crippen LogP contribution in [-0.4, -0.2) is 24.5 Å². The molecule has 5 nitrogen and oxygen atoms in total. The minimum atomic E-state index is -0.947. The molecule has 0 saturated heterocycles. The van der Waals surface area contributed by atoms with Crippen molar-refractivity contribution in [3.8, 4) is 5.75 Å². The second-order valence-corrected chi connectivity index (χ2v) is 6.36. The predicted molar refractivity (Wildman–Crippen MR) is 98.1 cm³/mol. The highest BCUT2D eigenvalue weighted by molar-refractivity contribution is 6.35. The molecule has 1 unspecified atom stereocenters. The lowest BCUT2D eigenvalue weighted by Gasteiger charge is -2.14. The fourth-order valence-corrected chi connectivity index (χ4v) is 2.71. The molecule has 1 atom stereocenters. The molecule has 2 aromatic carbocycles. The van der Waals surface area contributed by atoms with E-state index in [1.54, 1.807) is 30.3 Å². The molecule has 0 radical (unpaired) electrons. The summed E-state index contributed by atoms with van der Waals surface area (Å²) in [7, 11) is 0. The molecule has 0 fully saturated rings. The zero-order chi connectivity index (χ0) is 18.7. The molecular weight excluding hydrogens is 379 g/mol. The van der Waals surface area contributed by atoms with Gasteiger partial charge in [-0.3, -0.25) is 4.79 Å². The van der Waals surface area contributed by atoms with Crippen LogP contribution in [0.3, 0.4) is 0 Å². The first-order valence-corrected chi connectivity index (χ1v) is 8.50. The zero-order valence-electron chi connectivity index (χ0n) is 13.7. The third-order valence-corrected chi connectivity index (χ3v) is 4.11. The molecule has 0 spiro atoms. The topological polar surface area (TPSA) is 65.7 Å². The monoisotopic (exact) mass is 392 g/mol. The first-order chi connectivity index (χ1) is 12.4. The van der Waals surface area contributed by atoms with Crippen molar-refractivity contribution >= 4 is 45.9 Å². The number of Topliss-reactive ketones (excluding diaryl/α,β-unsaturated/α-hetero) is 1. The van der Waals surface area contributed by atoms with Gasteiger partial charge in [-0.1, -0.05) is 41.4 Å². The van der Waals surface area contributed by atoms with Gasteiger partial charge in [0.25, 0.3) is 0 Å². The summed E-state index contributed by atoms with van der Waals surface area (Å²) < 4.78 is 15.9. The van der Waals surface area contributed by atoms with E-state index in [1.807, 2.05) is 12.1 Å². The van der Waals surface area contributed by atoms with Gasteiger partial charge in [-0.25, -0.2) is 4.79 Å². The smallest absolute Gasteiger partial charge is 0.347 e. The summed E-state index contributed by atoms with van der Waals surface area (Å²) in [5.74, 6) is -0.704. The Morgan fingerprint density at radius 1 is 1.12 bits per heavy atom. The molecule has 0 aliphatic rings. The van der Waals surface area contributed by atoms with Gasteiger partial charge in [0, 0.05) is 10.4 Å². The van der Waals surface area contributed by atoms with Crippen molar-refractivity contribution < 1.29 is 23.5 Å². The number of benzene rings is 2. The lowest BCUT2D eigenvalue weighted by molar-refractivity contribution is -0.149. The normalized spacial score (nSPS) is 12.0. The molecule has 0 aliphatic carbocycles. The van der Waals surface area contributed by atoms with E-state index >= 15 is 0 Å². The maximum Gasteiger partial charge on any atom is 0.347 e. The van der Waals surface area contributed by atoms with Crippen molar-refractivity contribution in [2.45, 2.75) is 13.0 Å². The van der Waals surface area contributed by atoms with Crippen molar-refractivity contribution in [1.29, 1.82) is 0 Å². The van der Waals surface area contributed by atoms with Gasteiger partial charge in [0.2, 0.25) is 5.78 Å². The number of ketones is 1. The fraction of sp³-hybridized carbons (Fsp3) is 0.158. The summed E-state index contributed by atoms with van der Waals surface area (Å²) in [6.45, 7) is 1.06. The van der Waals surface area contributed by atoms with Crippen LogP contribution in [0.1, 0.15) is 17.5 Å². The molecule has 0 aliphatic heterocycles. The number of ether oxygens (including phenoxy) is 2. The van der Waals surface area contributed by atoms with Crippen molar-refractivity contribution in [3.63, 3.8) is 0 Å². The van der Waals surface area contributed by atoms with Crippen LogP contribution in [-0.2, 0) is 9.53 Å². The molecule has 0 amide bonds. The average Bonchev–Trinajstić information content (AvgIpc) is 3.06. The number of furan rings is 1. The van der Waals surface area contributed by atoms with Crippen molar-refractivity contribution in [2.24, 2.45) is 0 Å². The summed E-state index contributed by atoms with van der Waals surface area (Å²) >= 11 is 11.8. The van der Waals surface area contributed by atoms with E-state index in [-0.39, 0.29) is 10.8 Å². The van der Waals surface area contributed by atoms with Crippen LogP contribution in [0.4, 0.5) is 0 Å². The number of fused-ring (bicyclic) bond motifs is 1. The Labute approximate surface area is 159 Å². The third kappa shape index (κ3) is 4.18. The number of rotatable bonds is 6. The standard InChI is InChI=1S/C19H14Cl2O5/c1-11(25-17-7-6-13(20)9-14(17)21)19(23)24-10-15(22)18-8-12-4-2-3-5-16(12)26-18/h2-9,11H,10H2,1H3. The van der Waals surface area contributed by atoms with Gasteiger partial charge in [-0.05, 0) is 37.3 Å². The van der Waals surface area contributed by atoms with E-state index in [4.69, 9.17) is 37.1 Å². The first-order valence-electron chi connectivity index (χ1n) is 7.74. The molecule has 26 heavy (non-hydrogen) atoms. The number of hydrogen-bond donors (Lipinski definition) is 0. The van der Waals surface area contributed by atoms with Crippen LogP contribution in [0.15, 0.2) is 52.9 Å². The predicted octanol–water partition coefficient (Wildman–Crippen LogP) is 4.93. The SMILES string of the molecule is CC(Oc1ccc(Cl)cc1Cl)C(=O)OCC(=O)c1cc2ccccc2o1. The van der Waals surface area contributed by atoms with Crippen molar-refractivity contribution in [1.82, 2.24) is 0 Å². The molecule has 7 heteroatoms. The summed E-state index contributed by atoms with van der Waals surface area (Å²) in [5.41, 5.74) is 0.594. The Balaban J connectivity index is 1.58. The maximum absolute atomic E-state index is 12.1. The van der Waals surface area contributed by atoms with E-state index in [2.05, 4.69) is 0 Å². The molecule has 3 rings (SSSR count). The van der Waals surface area contributed by atoms with E-state index in [1.165, 1.54) is 13.0 Å². The molecule has 0 N–H and O–H groups in total. The Morgan fingerprint density at radius 2 is 1.88 bits per heavy atom. The summed E-state index contributed by atoms with van der Waals surface area (Å²) in [6.07, 6.45) is -0.947. The van der Waals surface area contributed by atoms with Crippen LogP contribution in [0, 0.1) is 0 Å². The number of halogens is 2. The minimum Gasteiger partial charge on any atom is -0.477 e. The largest absolute Gasteiger partial charge is 0.477 e. The summed E-state index contributed by atoms with van der Waals surface area (Å²) in [5, 5.41) is 1.53. The number of hydrogen-bond acceptors (Lipinski definition) is 5. The summed E-state index contributed by atoms with van der Waals surface area (Å²) in [4.78, 5) is 24.2. The van der Waals surface area contributed by atoms with Gasteiger partial charge < -0.3 is 13.9 Å². The van der Waals surface area contributed by atoms with Crippen LogP contribution in [0.25, 0.3) is 11.0 Å². The molecule has 3 aromatic rings. The number of carbonyl (C=O) groups is 2. The average molecular weight is 393 g/mol. The Hall–Kier alpha value is -2.50. The van der Waals surface area contributed by atoms with Gasteiger partial charge in [0.1, 0.15) is 11.3 Å². The highest BCUT2D eigenvalue weighted by Crippen LogP contribution is 2.28. The minimum absolute atomic E-state index is 0.133. The van der Waals surface area contributed by atoms with E-state index in [0.29, 0.717) is 16.4 Å². The van der Waals surface area contributed by atoms with Gasteiger partial charge >= 0.3 is 5.97 Å². The number of para-hydroxylation sites is 1. The van der Waals surface area contributed by atoms with E-state index in [0.717, 1.165) is 5.39 Å². The van der Waals surface area contributed by atoms with Crippen LogP contribution in [0.2, 0.25) is 10.0 Å². The molecule has 1 aromatic heterocycles. The van der Waals surface area contributed by atoms with Gasteiger partial charge in [-0.15, -0.1) is 0 Å². The lowest BCUT2D eigenvalue weighted by Crippen LogP contribution is -2.28. The highest BCUT2D eigenvalue weighted by Gasteiger charge is 2.21. The highest BCUT2D eigenvalue weighted by atomic mass is 35.5. The molecular formula is C19H14Cl2O5. The molecule has 0 bridgehead atoms. The van der Waals surface area contributed by atoms with E-state index < -0.39 is 24.5 Å². The second-order valence-electron chi connectivity index (χ2n) is 5.51. The quantitative estimate of drug-likeness (QED) is 0.439. The Morgan fingerprint density at radius 3 is 2.62 bits per heavy atom. The third-order valence-electron chi connectivity index (χ3n) is 3.58. The molecule has 1 heterocycles. The summed E-state index contributed by atoms with van der Waals surface area (Å²) in [6, 6.07) is 13.5. The van der Waals surface area contributed by atoms with Crippen molar-refractivity contribution in [2.75, 3.05) is 6.61 Å². The van der Waals surface area contributed by atoms with Gasteiger partial charge in [0.15, 0.2) is 18.5 Å². The molecule has 134 valence electrons. The van der Waals surface area contributed by atoms with Crippen LogP contribution in [0.5, 0.6) is 5.75 Å². The van der Waals surface area contributed by atoms with Crippen LogP contribution >= 0.6 is 23.2 Å². The Kier molecular flexibility index (Phi) is 5.49. The van der Waals surface area contributed by atoms with E-state index in [9.17, 15) is 9.59 Å². The number of carbonyl (C=O) groups excluding carboxylic acids is 2. The Bertz CT molecular complexity index is 930. The maximum atomic E-state index is 12.1. The number of esters is 1. The second kappa shape index (κ2) is 7.81. The van der Waals surface area contributed by atoms with Gasteiger partial charge in [0.05, 0.1) is 5.02 Å². The van der Waals surface area contributed by atoms with Crippen molar-refractivity contribution in [3.05, 3.63) is 64.3 Å². The lowest BCUT2D eigenvalue weighted by atomic mass is 10.2. The van der Waals surface area contributed by atoms with Crippen LogP contribution < -0.4 is 4.74 Å². The fourth-order valence-electron chi connectivity index (χ4n) is 2.25. The first kappa shape index (κ1) is 18.3. The zero-order valence-corrected chi connectivity index (χ0v) is 15.2. The molecule has 0 saturated carbocycles. The van der Waals surface area contributed by atoms with Gasteiger partial charge in [-0.2, -0.15) is 0 Å².